The molecule has 0 aliphatic heterocycles. The van der Waals surface area contributed by atoms with Gasteiger partial charge in [0.1, 0.15) is 5.69 Å². The Balaban J connectivity index is 1.84. The fraction of sp³-hybridized carbons (Fsp3) is 0.0833. The van der Waals surface area contributed by atoms with Crippen LogP contribution >= 0.6 is 11.3 Å². The molecule has 90 valence electrons. The standard InChI is InChI=1S/C12H11N5S/c1-8-10(14-7-13-8)11-16-17-12(18-11)15-9-5-3-2-4-6-9/h2-7H,1H3,(H,13,14)(H,15,17). The number of rotatable bonds is 3. The van der Waals surface area contributed by atoms with Crippen molar-refractivity contribution in [3.8, 4) is 10.7 Å². The summed E-state index contributed by atoms with van der Waals surface area (Å²) in [6.07, 6.45) is 1.66. The van der Waals surface area contributed by atoms with E-state index >= 15 is 0 Å². The van der Waals surface area contributed by atoms with Gasteiger partial charge in [-0.05, 0) is 19.1 Å². The Labute approximate surface area is 108 Å². The highest BCUT2D eigenvalue weighted by atomic mass is 32.1. The minimum atomic E-state index is 0.763. The second-order valence-electron chi connectivity index (χ2n) is 3.78. The number of aromatic amines is 1. The van der Waals surface area contributed by atoms with Crippen LogP contribution in [0.4, 0.5) is 10.8 Å². The van der Waals surface area contributed by atoms with Gasteiger partial charge in [-0.2, -0.15) is 0 Å². The van der Waals surface area contributed by atoms with Crippen LogP contribution in [0.2, 0.25) is 0 Å². The molecule has 0 radical (unpaired) electrons. The zero-order chi connectivity index (χ0) is 12.4. The fourth-order valence-corrected chi connectivity index (χ4v) is 2.41. The molecule has 18 heavy (non-hydrogen) atoms. The molecule has 2 aromatic heterocycles. The van der Waals surface area contributed by atoms with Crippen molar-refractivity contribution in [1.29, 1.82) is 0 Å². The Hall–Kier alpha value is -2.21. The van der Waals surface area contributed by atoms with Gasteiger partial charge in [0.2, 0.25) is 5.13 Å². The Morgan fingerprint density at radius 2 is 2.00 bits per heavy atom. The number of nitrogens with one attached hydrogen (secondary N) is 2. The lowest BCUT2D eigenvalue weighted by molar-refractivity contribution is 1.09. The van der Waals surface area contributed by atoms with E-state index in [4.69, 9.17) is 0 Å². The molecule has 0 amide bonds. The Morgan fingerprint density at radius 1 is 1.17 bits per heavy atom. The van der Waals surface area contributed by atoms with Crippen LogP contribution in [0, 0.1) is 6.92 Å². The van der Waals surface area contributed by atoms with Gasteiger partial charge in [-0.25, -0.2) is 4.98 Å². The Bertz CT molecular complexity index is 643. The van der Waals surface area contributed by atoms with Crippen molar-refractivity contribution in [2.24, 2.45) is 0 Å². The van der Waals surface area contributed by atoms with Crippen molar-refractivity contribution in [3.05, 3.63) is 42.4 Å². The van der Waals surface area contributed by atoms with Gasteiger partial charge >= 0.3 is 0 Å². The average Bonchev–Trinajstić information content (AvgIpc) is 2.99. The summed E-state index contributed by atoms with van der Waals surface area (Å²) >= 11 is 1.48. The minimum Gasteiger partial charge on any atom is -0.348 e. The molecule has 0 bridgehead atoms. The molecule has 0 aliphatic rings. The molecule has 0 saturated heterocycles. The summed E-state index contributed by atoms with van der Waals surface area (Å²) in [4.78, 5) is 7.26. The van der Waals surface area contributed by atoms with Crippen molar-refractivity contribution < 1.29 is 0 Å². The normalized spacial score (nSPS) is 10.5. The Kier molecular flexibility index (Phi) is 2.77. The van der Waals surface area contributed by atoms with Crippen LogP contribution < -0.4 is 5.32 Å². The van der Waals surface area contributed by atoms with Crippen LogP contribution in [-0.2, 0) is 0 Å². The first-order valence-corrected chi connectivity index (χ1v) is 6.30. The van der Waals surface area contributed by atoms with Crippen molar-refractivity contribution in [2.45, 2.75) is 6.92 Å². The van der Waals surface area contributed by atoms with Gasteiger partial charge in [0.05, 0.1) is 6.33 Å². The zero-order valence-corrected chi connectivity index (χ0v) is 10.5. The lowest BCUT2D eigenvalue weighted by Gasteiger charge is -1.99. The number of nitrogens with zero attached hydrogens (tertiary/aromatic N) is 3. The molecule has 5 nitrogen and oxygen atoms in total. The van der Waals surface area contributed by atoms with E-state index in [0.717, 1.165) is 27.2 Å². The van der Waals surface area contributed by atoms with E-state index in [1.165, 1.54) is 11.3 Å². The highest BCUT2D eigenvalue weighted by molar-refractivity contribution is 7.18. The summed E-state index contributed by atoms with van der Waals surface area (Å²) in [5, 5.41) is 13.0. The summed E-state index contributed by atoms with van der Waals surface area (Å²) in [6.45, 7) is 1.97. The van der Waals surface area contributed by atoms with Gasteiger partial charge in [-0.1, -0.05) is 29.5 Å². The van der Waals surface area contributed by atoms with Gasteiger partial charge in [-0.3, -0.25) is 0 Å². The molecular formula is C12H11N5S. The van der Waals surface area contributed by atoms with Crippen molar-refractivity contribution in [1.82, 2.24) is 20.2 Å². The summed E-state index contributed by atoms with van der Waals surface area (Å²) < 4.78 is 0. The van der Waals surface area contributed by atoms with Gasteiger partial charge in [0.15, 0.2) is 5.01 Å². The highest BCUT2D eigenvalue weighted by Crippen LogP contribution is 2.28. The molecule has 6 heteroatoms. The predicted octanol–water partition coefficient (Wildman–Crippen LogP) is 2.98. The molecule has 0 atom stereocenters. The number of benzene rings is 1. The zero-order valence-electron chi connectivity index (χ0n) is 9.71. The van der Waals surface area contributed by atoms with E-state index in [0.29, 0.717) is 0 Å². The average molecular weight is 257 g/mol. The molecule has 0 unspecified atom stereocenters. The van der Waals surface area contributed by atoms with Gasteiger partial charge in [0, 0.05) is 11.4 Å². The van der Waals surface area contributed by atoms with Crippen LogP contribution in [0.15, 0.2) is 36.7 Å². The van der Waals surface area contributed by atoms with E-state index in [2.05, 4.69) is 25.5 Å². The van der Waals surface area contributed by atoms with Crippen molar-refractivity contribution in [2.75, 3.05) is 5.32 Å². The second-order valence-corrected chi connectivity index (χ2v) is 4.76. The number of aromatic nitrogens is 4. The van der Waals surface area contributed by atoms with Crippen LogP contribution in [0.5, 0.6) is 0 Å². The van der Waals surface area contributed by atoms with Crippen molar-refractivity contribution in [3.63, 3.8) is 0 Å². The smallest absolute Gasteiger partial charge is 0.210 e. The molecule has 3 rings (SSSR count). The largest absolute Gasteiger partial charge is 0.348 e. The summed E-state index contributed by atoms with van der Waals surface area (Å²) in [5.41, 5.74) is 2.85. The molecule has 0 aliphatic carbocycles. The van der Waals surface area contributed by atoms with E-state index < -0.39 is 0 Å². The lowest BCUT2D eigenvalue weighted by atomic mass is 10.3. The first-order valence-electron chi connectivity index (χ1n) is 5.49. The SMILES string of the molecule is Cc1[nH]cnc1-c1nnc(Nc2ccccc2)s1. The maximum atomic E-state index is 4.23. The number of hydrogen-bond donors (Lipinski definition) is 2. The second kappa shape index (κ2) is 4.58. The van der Waals surface area contributed by atoms with Gasteiger partial charge < -0.3 is 10.3 Å². The van der Waals surface area contributed by atoms with Crippen LogP contribution in [-0.4, -0.2) is 20.2 Å². The number of anilines is 2. The van der Waals surface area contributed by atoms with Gasteiger partial charge in [-0.15, -0.1) is 10.2 Å². The molecule has 0 spiro atoms. The summed E-state index contributed by atoms with van der Waals surface area (Å²) in [7, 11) is 0. The van der Waals surface area contributed by atoms with E-state index in [1.807, 2.05) is 37.3 Å². The monoisotopic (exact) mass is 257 g/mol. The predicted molar refractivity (Wildman–Crippen MR) is 72.0 cm³/mol. The number of para-hydroxylation sites is 1. The fourth-order valence-electron chi connectivity index (χ4n) is 1.59. The maximum absolute atomic E-state index is 4.23. The van der Waals surface area contributed by atoms with E-state index in [9.17, 15) is 0 Å². The lowest BCUT2D eigenvalue weighted by Crippen LogP contribution is -1.87. The number of H-pyrrole nitrogens is 1. The van der Waals surface area contributed by atoms with Gasteiger partial charge in [0.25, 0.3) is 0 Å². The highest BCUT2D eigenvalue weighted by Gasteiger charge is 2.11. The molecule has 2 heterocycles. The summed E-state index contributed by atoms with van der Waals surface area (Å²) in [5.74, 6) is 0. The topological polar surface area (TPSA) is 66.5 Å². The third-order valence-electron chi connectivity index (χ3n) is 2.48. The first-order chi connectivity index (χ1) is 8.83. The van der Waals surface area contributed by atoms with E-state index in [-0.39, 0.29) is 0 Å². The van der Waals surface area contributed by atoms with Crippen LogP contribution in [0.25, 0.3) is 10.7 Å². The van der Waals surface area contributed by atoms with Crippen LogP contribution in [0.3, 0.4) is 0 Å². The Morgan fingerprint density at radius 3 is 2.72 bits per heavy atom. The van der Waals surface area contributed by atoms with E-state index in [1.54, 1.807) is 6.33 Å². The maximum Gasteiger partial charge on any atom is 0.210 e. The molecule has 0 saturated carbocycles. The molecule has 3 aromatic rings. The molecule has 1 aromatic carbocycles. The van der Waals surface area contributed by atoms with Crippen molar-refractivity contribution >= 4 is 22.2 Å². The third kappa shape index (κ3) is 2.10. The number of hydrogen-bond acceptors (Lipinski definition) is 5. The van der Waals surface area contributed by atoms with Crippen LogP contribution in [0.1, 0.15) is 5.69 Å². The number of imidazole rings is 1. The molecule has 0 fully saturated rings. The minimum absolute atomic E-state index is 0.763. The third-order valence-corrected chi connectivity index (χ3v) is 3.33. The quantitative estimate of drug-likeness (QED) is 0.757. The summed E-state index contributed by atoms with van der Waals surface area (Å²) in [6, 6.07) is 9.90. The molecular weight excluding hydrogens is 246 g/mol. The number of aryl methyl sites for hydroxylation is 1. The first kappa shape index (κ1) is 10.9. The molecule has 2 N–H and O–H groups in total.